The standard InChI is InChI=1S/C7H14NO/c1-4-5-6-7(9)8(2)3/h1,4-6H2,2-3H3. The van der Waals surface area contributed by atoms with Gasteiger partial charge in [-0.1, -0.05) is 13.3 Å². The first kappa shape index (κ1) is 8.47. The zero-order chi connectivity index (χ0) is 7.28. The lowest BCUT2D eigenvalue weighted by Crippen LogP contribution is -2.20. The Bertz CT molecular complexity index is 88.9. The van der Waals surface area contributed by atoms with Crippen LogP contribution in [-0.4, -0.2) is 24.9 Å². The van der Waals surface area contributed by atoms with E-state index in [9.17, 15) is 4.79 Å². The van der Waals surface area contributed by atoms with E-state index in [1.807, 2.05) is 0 Å². The van der Waals surface area contributed by atoms with Gasteiger partial charge in [0.1, 0.15) is 0 Å². The molecular weight excluding hydrogens is 114 g/mol. The molecule has 53 valence electrons. The zero-order valence-corrected chi connectivity index (χ0v) is 6.18. The highest BCUT2D eigenvalue weighted by atomic mass is 16.2. The van der Waals surface area contributed by atoms with E-state index in [1.54, 1.807) is 19.0 Å². The van der Waals surface area contributed by atoms with Crippen LogP contribution >= 0.6 is 0 Å². The average molecular weight is 128 g/mol. The summed E-state index contributed by atoms with van der Waals surface area (Å²) in [5, 5.41) is 0. The second-order valence-corrected chi connectivity index (χ2v) is 2.25. The minimum absolute atomic E-state index is 0.193. The highest BCUT2D eigenvalue weighted by Gasteiger charge is 2.00. The lowest BCUT2D eigenvalue weighted by Gasteiger charge is -2.08. The molecule has 0 aromatic carbocycles. The van der Waals surface area contributed by atoms with Crippen molar-refractivity contribution in [3.8, 4) is 0 Å². The Labute approximate surface area is 56.9 Å². The summed E-state index contributed by atoms with van der Waals surface area (Å²) >= 11 is 0. The van der Waals surface area contributed by atoms with Crippen LogP contribution in [0, 0.1) is 6.92 Å². The largest absolute Gasteiger partial charge is 0.349 e. The van der Waals surface area contributed by atoms with Crippen LogP contribution in [0.4, 0.5) is 0 Å². The first-order chi connectivity index (χ1) is 4.18. The Balaban J connectivity index is 3.28. The molecule has 1 radical (unpaired) electrons. The summed E-state index contributed by atoms with van der Waals surface area (Å²) in [5.74, 6) is 0.193. The molecule has 0 aromatic heterocycles. The maximum Gasteiger partial charge on any atom is 0.222 e. The molecule has 0 atom stereocenters. The Kier molecular flexibility index (Phi) is 4.10. The Hall–Kier alpha value is -0.530. The molecule has 0 rings (SSSR count). The SMILES string of the molecule is [CH2]CCCC(=O)N(C)C. The van der Waals surface area contributed by atoms with Crippen molar-refractivity contribution in [2.45, 2.75) is 19.3 Å². The third kappa shape index (κ3) is 4.01. The lowest BCUT2D eigenvalue weighted by atomic mass is 10.2. The van der Waals surface area contributed by atoms with E-state index < -0.39 is 0 Å². The first-order valence-electron chi connectivity index (χ1n) is 3.18. The molecule has 9 heavy (non-hydrogen) atoms. The summed E-state index contributed by atoms with van der Waals surface area (Å²) in [5.41, 5.74) is 0. The summed E-state index contributed by atoms with van der Waals surface area (Å²) < 4.78 is 0. The van der Waals surface area contributed by atoms with Gasteiger partial charge in [0.15, 0.2) is 0 Å². The number of hydrogen-bond donors (Lipinski definition) is 0. The molecule has 0 N–H and O–H groups in total. The normalized spacial score (nSPS) is 9.22. The van der Waals surface area contributed by atoms with Crippen LogP contribution in [0.1, 0.15) is 19.3 Å². The number of nitrogens with zero attached hydrogens (tertiary/aromatic N) is 1. The Morgan fingerprint density at radius 3 is 2.44 bits per heavy atom. The summed E-state index contributed by atoms with van der Waals surface area (Å²) in [7, 11) is 3.54. The second-order valence-electron chi connectivity index (χ2n) is 2.25. The highest BCUT2D eigenvalue weighted by molar-refractivity contribution is 5.75. The fourth-order valence-electron chi connectivity index (χ4n) is 0.500. The monoisotopic (exact) mass is 128 g/mol. The van der Waals surface area contributed by atoms with E-state index in [2.05, 4.69) is 6.92 Å². The van der Waals surface area contributed by atoms with Gasteiger partial charge in [-0.3, -0.25) is 4.79 Å². The number of unbranched alkanes of at least 4 members (excludes halogenated alkanes) is 1. The molecule has 0 saturated carbocycles. The molecule has 0 heterocycles. The van der Waals surface area contributed by atoms with Crippen LogP contribution in [0.5, 0.6) is 0 Å². The lowest BCUT2D eigenvalue weighted by molar-refractivity contribution is -0.128. The minimum atomic E-state index is 0.193. The van der Waals surface area contributed by atoms with E-state index in [0.717, 1.165) is 12.8 Å². The quantitative estimate of drug-likeness (QED) is 0.557. The van der Waals surface area contributed by atoms with Crippen molar-refractivity contribution in [2.24, 2.45) is 0 Å². The molecule has 1 amide bonds. The van der Waals surface area contributed by atoms with Crippen LogP contribution in [0.2, 0.25) is 0 Å². The Morgan fingerprint density at radius 2 is 2.11 bits per heavy atom. The van der Waals surface area contributed by atoms with E-state index in [1.165, 1.54) is 0 Å². The average Bonchev–Trinajstić information content (AvgIpc) is 1.82. The van der Waals surface area contributed by atoms with Crippen molar-refractivity contribution in [1.29, 1.82) is 0 Å². The topological polar surface area (TPSA) is 20.3 Å². The fraction of sp³-hybridized carbons (Fsp3) is 0.714. The first-order valence-corrected chi connectivity index (χ1v) is 3.18. The highest BCUT2D eigenvalue weighted by Crippen LogP contribution is 1.95. The Morgan fingerprint density at radius 1 is 1.56 bits per heavy atom. The van der Waals surface area contributed by atoms with Gasteiger partial charge in [-0.05, 0) is 6.42 Å². The molecule has 0 aliphatic heterocycles. The molecule has 0 aliphatic carbocycles. The van der Waals surface area contributed by atoms with Gasteiger partial charge in [-0.2, -0.15) is 0 Å². The van der Waals surface area contributed by atoms with Crippen LogP contribution in [0.25, 0.3) is 0 Å². The van der Waals surface area contributed by atoms with Crippen LogP contribution in [0.3, 0.4) is 0 Å². The fourth-order valence-corrected chi connectivity index (χ4v) is 0.500. The van der Waals surface area contributed by atoms with Gasteiger partial charge in [-0.15, -0.1) is 0 Å². The third-order valence-corrected chi connectivity index (χ3v) is 1.14. The van der Waals surface area contributed by atoms with Crippen molar-refractivity contribution in [1.82, 2.24) is 4.90 Å². The van der Waals surface area contributed by atoms with Crippen LogP contribution < -0.4 is 0 Å². The molecule has 0 spiro atoms. The molecule has 2 heteroatoms. The maximum atomic E-state index is 10.8. The summed E-state index contributed by atoms with van der Waals surface area (Å²) in [6, 6.07) is 0. The minimum Gasteiger partial charge on any atom is -0.349 e. The molecular formula is C7H14NO. The predicted octanol–water partition coefficient (Wildman–Crippen LogP) is 1.08. The predicted molar refractivity (Wildman–Crippen MR) is 37.9 cm³/mol. The van der Waals surface area contributed by atoms with Gasteiger partial charge in [0, 0.05) is 20.5 Å². The molecule has 0 unspecified atom stereocenters. The van der Waals surface area contributed by atoms with E-state index >= 15 is 0 Å². The van der Waals surface area contributed by atoms with Gasteiger partial charge < -0.3 is 4.90 Å². The molecule has 0 aliphatic rings. The second kappa shape index (κ2) is 4.36. The number of carbonyl (C=O) groups excluding carboxylic acids is 1. The summed E-state index contributed by atoms with van der Waals surface area (Å²) in [6.07, 6.45) is 2.38. The third-order valence-electron chi connectivity index (χ3n) is 1.14. The van der Waals surface area contributed by atoms with Crippen molar-refractivity contribution >= 4 is 5.91 Å². The van der Waals surface area contributed by atoms with E-state index in [0.29, 0.717) is 6.42 Å². The molecule has 0 aromatic rings. The van der Waals surface area contributed by atoms with Crippen molar-refractivity contribution in [3.63, 3.8) is 0 Å². The van der Waals surface area contributed by atoms with Crippen LogP contribution in [-0.2, 0) is 4.79 Å². The smallest absolute Gasteiger partial charge is 0.222 e. The number of carbonyl (C=O) groups is 1. The number of amides is 1. The summed E-state index contributed by atoms with van der Waals surface area (Å²) in [6.45, 7) is 3.65. The molecule has 0 fully saturated rings. The van der Waals surface area contributed by atoms with Gasteiger partial charge in [0.25, 0.3) is 0 Å². The van der Waals surface area contributed by atoms with Crippen molar-refractivity contribution in [2.75, 3.05) is 14.1 Å². The van der Waals surface area contributed by atoms with Gasteiger partial charge in [0.2, 0.25) is 5.91 Å². The van der Waals surface area contributed by atoms with Gasteiger partial charge in [0.05, 0.1) is 0 Å². The van der Waals surface area contributed by atoms with E-state index in [-0.39, 0.29) is 5.91 Å². The van der Waals surface area contributed by atoms with Crippen molar-refractivity contribution < 1.29 is 4.79 Å². The van der Waals surface area contributed by atoms with E-state index in [4.69, 9.17) is 0 Å². The van der Waals surface area contributed by atoms with Crippen molar-refractivity contribution in [3.05, 3.63) is 6.92 Å². The molecule has 0 bridgehead atoms. The summed E-state index contributed by atoms with van der Waals surface area (Å²) in [4.78, 5) is 12.4. The number of rotatable bonds is 3. The van der Waals surface area contributed by atoms with Gasteiger partial charge in [-0.25, -0.2) is 0 Å². The number of hydrogen-bond acceptors (Lipinski definition) is 1. The van der Waals surface area contributed by atoms with Gasteiger partial charge >= 0.3 is 0 Å². The molecule has 0 saturated heterocycles. The maximum absolute atomic E-state index is 10.8. The zero-order valence-electron chi connectivity index (χ0n) is 6.18. The molecule has 2 nitrogen and oxygen atoms in total. The van der Waals surface area contributed by atoms with Crippen LogP contribution in [0.15, 0.2) is 0 Å².